The van der Waals surface area contributed by atoms with Crippen LogP contribution in [0.15, 0.2) is 22.7 Å². The highest BCUT2D eigenvalue weighted by Crippen LogP contribution is 2.19. The molecule has 0 aliphatic carbocycles. The van der Waals surface area contributed by atoms with E-state index in [-0.39, 0.29) is 11.7 Å². The Kier molecular flexibility index (Phi) is 3.76. The summed E-state index contributed by atoms with van der Waals surface area (Å²) in [6, 6.07) is 5.69. The van der Waals surface area contributed by atoms with Crippen LogP contribution < -0.4 is 5.32 Å². The Morgan fingerprint density at radius 1 is 1.44 bits per heavy atom. The number of rotatable bonds is 3. The van der Waals surface area contributed by atoms with E-state index < -0.39 is 0 Å². The second-order valence-electron chi connectivity index (χ2n) is 3.93. The number of aryl methyl sites for hydroxylation is 2. The monoisotopic (exact) mass is 308 g/mol. The molecular formula is C12H13BrN4O. The number of nitrogens with zero attached hydrogens (tertiary/aromatic N) is 2. The summed E-state index contributed by atoms with van der Waals surface area (Å²) in [4.78, 5) is 16.0. The maximum Gasteiger partial charge on any atom is 0.295 e. The number of halogens is 1. The van der Waals surface area contributed by atoms with Gasteiger partial charge in [-0.15, -0.1) is 5.10 Å². The molecule has 1 aromatic heterocycles. The fourth-order valence-corrected chi connectivity index (χ4v) is 2.16. The van der Waals surface area contributed by atoms with Crippen molar-refractivity contribution in [2.75, 3.05) is 5.32 Å². The number of hydrogen-bond acceptors (Lipinski definition) is 3. The average molecular weight is 309 g/mol. The first-order chi connectivity index (χ1) is 8.58. The second kappa shape index (κ2) is 5.30. The van der Waals surface area contributed by atoms with E-state index >= 15 is 0 Å². The van der Waals surface area contributed by atoms with Crippen molar-refractivity contribution in [1.82, 2.24) is 15.2 Å². The number of amides is 1. The second-order valence-corrected chi connectivity index (χ2v) is 4.85. The zero-order chi connectivity index (χ0) is 13.1. The van der Waals surface area contributed by atoms with Crippen molar-refractivity contribution >= 4 is 27.5 Å². The third kappa shape index (κ3) is 2.95. The number of aromatic nitrogens is 3. The molecule has 0 saturated carbocycles. The average Bonchev–Trinajstić information content (AvgIpc) is 2.75. The van der Waals surface area contributed by atoms with Gasteiger partial charge in [0, 0.05) is 16.6 Å². The van der Waals surface area contributed by atoms with Gasteiger partial charge in [-0.2, -0.15) is 0 Å². The van der Waals surface area contributed by atoms with Crippen LogP contribution in [-0.2, 0) is 6.42 Å². The van der Waals surface area contributed by atoms with E-state index in [1.165, 1.54) is 0 Å². The Morgan fingerprint density at radius 2 is 2.22 bits per heavy atom. The van der Waals surface area contributed by atoms with Crippen molar-refractivity contribution < 1.29 is 4.79 Å². The van der Waals surface area contributed by atoms with Gasteiger partial charge in [-0.05, 0) is 30.7 Å². The molecule has 0 radical (unpaired) electrons. The van der Waals surface area contributed by atoms with Gasteiger partial charge in [0.05, 0.1) is 0 Å². The zero-order valence-electron chi connectivity index (χ0n) is 10.1. The van der Waals surface area contributed by atoms with Gasteiger partial charge in [-0.3, -0.25) is 9.89 Å². The third-order valence-corrected chi connectivity index (χ3v) is 2.83. The molecule has 0 atom stereocenters. The molecule has 94 valence electrons. The lowest BCUT2D eigenvalue weighted by atomic mass is 10.2. The number of anilines is 1. The Labute approximate surface area is 113 Å². The largest absolute Gasteiger partial charge is 0.319 e. The highest BCUT2D eigenvalue weighted by atomic mass is 79.9. The van der Waals surface area contributed by atoms with E-state index in [1.54, 1.807) is 0 Å². The van der Waals surface area contributed by atoms with E-state index in [2.05, 4.69) is 36.4 Å². The van der Waals surface area contributed by atoms with Crippen molar-refractivity contribution in [3.05, 3.63) is 39.9 Å². The molecule has 0 aliphatic heterocycles. The minimum absolute atomic E-state index is 0.157. The number of carbonyl (C=O) groups excluding carboxylic acids is 1. The van der Waals surface area contributed by atoms with Crippen LogP contribution in [0.5, 0.6) is 0 Å². The molecule has 1 aromatic carbocycles. The van der Waals surface area contributed by atoms with E-state index in [0.29, 0.717) is 5.82 Å². The van der Waals surface area contributed by atoms with Gasteiger partial charge in [-0.25, -0.2) is 4.98 Å². The number of aromatic amines is 1. The van der Waals surface area contributed by atoms with Crippen molar-refractivity contribution in [3.8, 4) is 0 Å². The van der Waals surface area contributed by atoms with Crippen LogP contribution in [0.1, 0.15) is 28.9 Å². The molecule has 2 aromatic rings. The van der Waals surface area contributed by atoms with Crippen LogP contribution in [0.4, 0.5) is 5.69 Å². The highest BCUT2D eigenvalue weighted by Gasteiger charge is 2.12. The first-order valence-electron chi connectivity index (χ1n) is 5.58. The van der Waals surface area contributed by atoms with Crippen molar-refractivity contribution in [1.29, 1.82) is 0 Å². The first-order valence-corrected chi connectivity index (χ1v) is 6.37. The molecule has 1 heterocycles. The Morgan fingerprint density at radius 3 is 2.83 bits per heavy atom. The maximum atomic E-state index is 11.9. The van der Waals surface area contributed by atoms with Crippen LogP contribution in [0.25, 0.3) is 0 Å². The molecule has 0 aliphatic rings. The normalized spacial score (nSPS) is 10.4. The lowest BCUT2D eigenvalue weighted by Gasteiger charge is -2.04. The summed E-state index contributed by atoms with van der Waals surface area (Å²) in [7, 11) is 0. The summed E-state index contributed by atoms with van der Waals surface area (Å²) in [5, 5.41) is 9.35. The van der Waals surface area contributed by atoms with Crippen LogP contribution in [0.3, 0.4) is 0 Å². The standard InChI is InChI=1S/C12H13BrN4O/c1-3-10-15-11(17-16-10)12(18)14-9-5-7(2)4-8(13)6-9/h4-6H,3H2,1-2H3,(H,14,18)(H,15,16,17). The fourth-order valence-electron chi connectivity index (χ4n) is 1.55. The Hall–Kier alpha value is -1.69. The molecule has 5 nitrogen and oxygen atoms in total. The summed E-state index contributed by atoms with van der Waals surface area (Å²) in [6.07, 6.45) is 0.719. The Bertz CT molecular complexity index is 559. The fraction of sp³-hybridized carbons (Fsp3) is 0.250. The van der Waals surface area contributed by atoms with Crippen LogP contribution in [0.2, 0.25) is 0 Å². The van der Waals surface area contributed by atoms with E-state index in [1.807, 2.05) is 32.0 Å². The zero-order valence-corrected chi connectivity index (χ0v) is 11.7. The third-order valence-electron chi connectivity index (χ3n) is 2.37. The smallest absolute Gasteiger partial charge is 0.295 e. The molecule has 0 bridgehead atoms. The highest BCUT2D eigenvalue weighted by molar-refractivity contribution is 9.10. The maximum absolute atomic E-state index is 11.9. The molecule has 6 heteroatoms. The lowest BCUT2D eigenvalue weighted by molar-refractivity contribution is 0.101. The molecule has 0 spiro atoms. The predicted molar refractivity (Wildman–Crippen MR) is 72.6 cm³/mol. The number of hydrogen-bond donors (Lipinski definition) is 2. The van der Waals surface area contributed by atoms with Crippen LogP contribution in [0, 0.1) is 6.92 Å². The summed E-state index contributed by atoms with van der Waals surface area (Å²) >= 11 is 3.39. The van der Waals surface area contributed by atoms with E-state index in [9.17, 15) is 4.79 Å². The van der Waals surface area contributed by atoms with Crippen LogP contribution >= 0.6 is 15.9 Å². The van der Waals surface area contributed by atoms with E-state index in [0.717, 1.165) is 22.1 Å². The minimum atomic E-state index is -0.316. The number of carbonyl (C=O) groups is 1. The summed E-state index contributed by atoms with van der Waals surface area (Å²) < 4.78 is 0.919. The van der Waals surface area contributed by atoms with Gasteiger partial charge in [0.2, 0.25) is 5.82 Å². The SMILES string of the molecule is CCc1nc(C(=O)Nc2cc(C)cc(Br)c2)n[nH]1. The molecule has 2 rings (SSSR count). The molecule has 0 saturated heterocycles. The molecule has 1 amide bonds. The molecular weight excluding hydrogens is 296 g/mol. The Balaban J connectivity index is 2.15. The topological polar surface area (TPSA) is 70.7 Å². The molecule has 18 heavy (non-hydrogen) atoms. The van der Waals surface area contributed by atoms with Gasteiger partial charge >= 0.3 is 0 Å². The number of benzene rings is 1. The van der Waals surface area contributed by atoms with Crippen molar-refractivity contribution in [2.24, 2.45) is 0 Å². The van der Waals surface area contributed by atoms with Gasteiger partial charge < -0.3 is 5.32 Å². The van der Waals surface area contributed by atoms with Gasteiger partial charge in [-0.1, -0.05) is 22.9 Å². The molecule has 0 fully saturated rings. The lowest BCUT2D eigenvalue weighted by Crippen LogP contribution is -2.14. The van der Waals surface area contributed by atoms with Gasteiger partial charge in [0.1, 0.15) is 5.82 Å². The predicted octanol–water partition coefficient (Wildman–Crippen LogP) is 2.69. The first kappa shape index (κ1) is 12.8. The number of H-pyrrole nitrogens is 1. The molecule has 2 N–H and O–H groups in total. The minimum Gasteiger partial charge on any atom is -0.319 e. The summed E-state index contributed by atoms with van der Waals surface area (Å²) in [5.74, 6) is 0.540. The number of nitrogens with one attached hydrogen (secondary N) is 2. The molecule has 0 unspecified atom stereocenters. The van der Waals surface area contributed by atoms with Crippen LogP contribution in [-0.4, -0.2) is 21.1 Å². The van der Waals surface area contributed by atoms with Crippen molar-refractivity contribution in [3.63, 3.8) is 0 Å². The summed E-state index contributed by atoms with van der Waals surface area (Å²) in [5.41, 5.74) is 1.78. The van der Waals surface area contributed by atoms with Gasteiger partial charge in [0.25, 0.3) is 5.91 Å². The quantitative estimate of drug-likeness (QED) is 0.916. The van der Waals surface area contributed by atoms with Gasteiger partial charge in [0.15, 0.2) is 0 Å². The summed E-state index contributed by atoms with van der Waals surface area (Å²) in [6.45, 7) is 3.91. The van der Waals surface area contributed by atoms with Crippen molar-refractivity contribution in [2.45, 2.75) is 20.3 Å². The van der Waals surface area contributed by atoms with E-state index in [4.69, 9.17) is 0 Å².